The van der Waals surface area contributed by atoms with Crippen LogP contribution in [0.3, 0.4) is 0 Å². The average molecular weight is 491 g/mol. The minimum Gasteiger partial charge on any atom is -0.207 e. The van der Waals surface area contributed by atoms with Gasteiger partial charge in [-0.2, -0.15) is 0 Å². The van der Waals surface area contributed by atoms with Crippen molar-refractivity contribution < 1.29 is 13.2 Å². The van der Waals surface area contributed by atoms with Crippen LogP contribution in [0.2, 0.25) is 0 Å². The minimum atomic E-state index is -0.780. The third kappa shape index (κ3) is 14.4. The van der Waals surface area contributed by atoms with E-state index >= 15 is 0 Å². The fourth-order valence-corrected chi connectivity index (χ4v) is 4.47. The van der Waals surface area contributed by atoms with Gasteiger partial charge in [-0.15, -0.1) is 0 Å². The molecule has 0 bridgehead atoms. The maximum Gasteiger partial charge on any atom is 0.159 e. The van der Waals surface area contributed by atoms with Crippen LogP contribution in [0.1, 0.15) is 112 Å². The van der Waals surface area contributed by atoms with Gasteiger partial charge in [0, 0.05) is 0 Å². The molecule has 3 heteroatoms. The average Bonchev–Trinajstić information content (AvgIpc) is 2.70. The normalized spacial score (nSPS) is 15.0. The van der Waals surface area contributed by atoms with Gasteiger partial charge in [-0.25, -0.2) is 13.2 Å². The molecule has 1 aliphatic carbocycles. The molecule has 1 aliphatic rings. The van der Waals surface area contributed by atoms with Gasteiger partial charge in [0.05, 0.1) is 0 Å². The summed E-state index contributed by atoms with van der Waals surface area (Å²) in [5, 5.41) is 0. The van der Waals surface area contributed by atoms with Crippen LogP contribution >= 0.6 is 0 Å². The van der Waals surface area contributed by atoms with E-state index in [2.05, 4.69) is 62.3 Å². The van der Waals surface area contributed by atoms with E-state index in [1.165, 1.54) is 68.4 Å². The molecular formula is C32H49F3. The number of hydrogen-bond donors (Lipinski definition) is 0. The predicted octanol–water partition coefficient (Wildman–Crippen LogP) is 10.7. The highest BCUT2D eigenvalue weighted by molar-refractivity contribution is 5.23. The molecule has 0 spiro atoms. The first-order chi connectivity index (χ1) is 16.0. The Balaban J connectivity index is 0.000000264. The van der Waals surface area contributed by atoms with Crippen molar-refractivity contribution in [3.63, 3.8) is 0 Å². The van der Waals surface area contributed by atoms with E-state index in [-0.39, 0.29) is 16.6 Å². The van der Waals surface area contributed by atoms with E-state index in [0.29, 0.717) is 5.41 Å². The third-order valence-electron chi connectivity index (χ3n) is 6.05. The van der Waals surface area contributed by atoms with Crippen LogP contribution in [0.5, 0.6) is 0 Å². The molecule has 0 saturated heterocycles. The van der Waals surface area contributed by atoms with E-state index in [1.807, 2.05) is 12.1 Å². The topological polar surface area (TPSA) is 0 Å². The Hall–Kier alpha value is -1.77. The van der Waals surface area contributed by atoms with Gasteiger partial charge in [0.15, 0.2) is 11.6 Å². The van der Waals surface area contributed by atoms with Crippen LogP contribution in [0, 0.1) is 34.2 Å². The summed E-state index contributed by atoms with van der Waals surface area (Å²) in [6.07, 6.45) is 9.65. The Morgan fingerprint density at radius 2 is 1.20 bits per heavy atom. The fourth-order valence-electron chi connectivity index (χ4n) is 4.47. The molecule has 0 unspecified atom stereocenters. The van der Waals surface area contributed by atoms with E-state index in [4.69, 9.17) is 0 Å². The summed E-state index contributed by atoms with van der Waals surface area (Å²) in [5.74, 6) is -0.666. The first kappa shape index (κ1) is 31.3. The Morgan fingerprint density at radius 1 is 0.657 bits per heavy atom. The standard InChI is InChI=1S/C11H14F2.C11H22.C10H13F/c1-11(2,3)7-8-4-5-9(12)10(13)6-8;1-11(2,3)9-10-7-5-4-6-8-10;1-10(2,3)8-4-6-9(11)7-5-8/h4-6H,7H2,1-3H3;10H,4-9H2,1-3H3;4-7H,1-3H3. The highest BCUT2D eigenvalue weighted by Gasteiger charge is 2.20. The molecule has 0 radical (unpaired) electrons. The Labute approximate surface area is 213 Å². The van der Waals surface area contributed by atoms with Crippen LogP contribution in [-0.4, -0.2) is 0 Å². The first-order valence-corrected chi connectivity index (χ1v) is 13.2. The molecule has 198 valence electrons. The van der Waals surface area contributed by atoms with E-state index in [9.17, 15) is 13.2 Å². The van der Waals surface area contributed by atoms with Crippen LogP contribution in [0.15, 0.2) is 42.5 Å². The molecule has 3 rings (SSSR count). The van der Waals surface area contributed by atoms with Crippen LogP contribution in [0.25, 0.3) is 0 Å². The molecule has 0 N–H and O–H groups in total. The summed E-state index contributed by atoms with van der Waals surface area (Å²) < 4.78 is 37.8. The van der Waals surface area contributed by atoms with Gasteiger partial charge in [0.1, 0.15) is 5.82 Å². The lowest BCUT2D eigenvalue weighted by Crippen LogP contribution is -2.15. The van der Waals surface area contributed by atoms with Crippen molar-refractivity contribution in [2.45, 2.75) is 113 Å². The van der Waals surface area contributed by atoms with Gasteiger partial charge >= 0.3 is 0 Å². The lowest BCUT2D eigenvalue weighted by Gasteiger charge is -2.28. The second-order valence-electron chi connectivity index (χ2n) is 13.5. The lowest BCUT2D eigenvalue weighted by molar-refractivity contribution is 0.240. The van der Waals surface area contributed by atoms with Crippen molar-refractivity contribution >= 4 is 0 Å². The molecular weight excluding hydrogens is 441 g/mol. The van der Waals surface area contributed by atoms with Gasteiger partial charge in [0.25, 0.3) is 0 Å². The molecule has 0 amide bonds. The third-order valence-corrected chi connectivity index (χ3v) is 6.05. The van der Waals surface area contributed by atoms with Gasteiger partial charge in [0.2, 0.25) is 0 Å². The molecule has 1 fully saturated rings. The zero-order chi connectivity index (χ0) is 26.9. The number of rotatable bonds is 2. The zero-order valence-electron chi connectivity index (χ0n) is 23.7. The lowest BCUT2D eigenvalue weighted by atomic mass is 9.78. The van der Waals surface area contributed by atoms with Crippen molar-refractivity contribution in [1.29, 1.82) is 0 Å². The Morgan fingerprint density at radius 3 is 1.63 bits per heavy atom. The molecule has 0 atom stereocenters. The fraction of sp³-hybridized carbons (Fsp3) is 0.625. The molecule has 2 aromatic rings. The van der Waals surface area contributed by atoms with E-state index in [1.54, 1.807) is 6.07 Å². The largest absolute Gasteiger partial charge is 0.207 e. The van der Waals surface area contributed by atoms with Gasteiger partial charge in [-0.1, -0.05) is 113 Å². The molecule has 1 saturated carbocycles. The quantitative estimate of drug-likeness (QED) is 0.393. The smallest absolute Gasteiger partial charge is 0.159 e. The van der Waals surface area contributed by atoms with Gasteiger partial charge < -0.3 is 0 Å². The summed E-state index contributed by atoms with van der Waals surface area (Å²) in [4.78, 5) is 0. The van der Waals surface area contributed by atoms with Gasteiger partial charge in [-0.3, -0.25) is 0 Å². The van der Waals surface area contributed by atoms with Crippen molar-refractivity contribution in [2.75, 3.05) is 0 Å². The predicted molar refractivity (Wildman–Crippen MR) is 145 cm³/mol. The number of halogens is 3. The monoisotopic (exact) mass is 490 g/mol. The van der Waals surface area contributed by atoms with E-state index < -0.39 is 11.6 Å². The second-order valence-corrected chi connectivity index (χ2v) is 13.5. The highest BCUT2D eigenvalue weighted by atomic mass is 19.2. The molecule has 0 aromatic heterocycles. The van der Waals surface area contributed by atoms with Crippen molar-refractivity contribution in [3.05, 3.63) is 71.0 Å². The second kappa shape index (κ2) is 13.5. The molecule has 0 heterocycles. The van der Waals surface area contributed by atoms with Crippen LogP contribution in [0.4, 0.5) is 13.2 Å². The summed E-state index contributed by atoms with van der Waals surface area (Å²) >= 11 is 0. The minimum absolute atomic E-state index is 0.101. The Kier molecular flexibility index (Phi) is 12.1. The summed E-state index contributed by atoms with van der Waals surface area (Å²) in [5.41, 5.74) is 2.78. The molecule has 2 aromatic carbocycles. The van der Waals surface area contributed by atoms with Crippen molar-refractivity contribution in [1.82, 2.24) is 0 Å². The van der Waals surface area contributed by atoms with Crippen LogP contribution < -0.4 is 0 Å². The molecule has 35 heavy (non-hydrogen) atoms. The van der Waals surface area contributed by atoms with Crippen LogP contribution in [-0.2, 0) is 11.8 Å². The first-order valence-electron chi connectivity index (χ1n) is 13.2. The number of hydrogen-bond acceptors (Lipinski definition) is 0. The summed E-state index contributed by atoms with van der Waals surface area (Å²) in [6, 6.07) is 10.7. The SMILES string of the molecule is CC(C)(C)CC1CCCCC1.CC(C)(C)Cc1ccc(F)c(F)c1.CC(C)(C)c1ccc(F)cc1. The zero-order valence-corrected chi connectivity index (χ0v) is 23.7. The maximum absolute atomic E-state index is 12.8. The van der Waals surface area contributed by atoms with Gasteiger partial charge in [-0.05, 0) is 70.4 Å². The number of benzene rings is 2. The van der Waals surface area contributed by atoms with Crippen molar-refractivity contribution in [2.24, 2.45) is 16.7 Å². The summed E-state index contributed by atoms with van der Waals surface area (Å²) in [6.45, 7) is 19.6. The Bertz CT molecular complexity index is 856. The van der Waals surface area contributed by atoms with E-state index in [0.717, 1.165) is 17.9 Å². The highest BCUT2D eigenvalue weighted by Crippen LogP contribution is 2.33. The van der Waals surface area contributed by atoms with Crippen molar-refractivity contribution in [3.8, 4) is 0 Å². The maximum atomic E-state index is 12.8. The molecule has 0 aliphatic heterocycles. The molecule has 0 nitrogen and oxygen atoms in total. The summed E-state index contributed by atoms with van der Waals surface area (Å²) in [7, 11) is 0.